The summed E-state index contributed by atoms with van der Waals surface area (Å²) >= 11 is 0. The third-order valence-electron chi connectivity index (χ3n) is 2.26. The van der Waals surface area contributed by atoms with Crippen LogP contribution < -0.4 is 5.32 Å². The molecule has 0 saturated carbocycles. The van der Waals surface area contributed by atoms with Gasteiger partial charge in [-0.3, -0.25) is 4.68 Å². The Morgan fingerprint density at radius 3 is 2.87 bits per heavy atom. The lowest BCUT2D eigenvalue weighted by Crippen LogP contribution is -2.06. The summed E-state index contributed by atoms with van der Waals surface area (Å²) in [6, 6.07) is 3.94. The molecular weight excluding hydrogens is 190 g/mol. The molecule has 0 saturated heterocycles. The highest BCUT2D eigenvalue weighted by Gasteiger charge is 2.11. The van der Waals surface area contributed by atoms with E-state index in [1.165, 1.54) is 0 Å². The first-order chi connectivity index (χ1) is 7.20. The fourth-order valence-electron chi connectivity index (χ4n) is 1.62. The molecular formula is C11H15N3O. The van der Waals surface area contributed by atoms with Gasteiger partial charge in [-0.1, -0.05) is 0 Å². The Kier molecular flexibility index (Phi) is 2.60. The zero-order valence-corrected chi connectivity index (χ0v) is 9.24. The monoisotopic (exact) mass is 205 g/mol. The van der Waals surface area contributed by atoms with Crippen LogP contribution in [0.3, 0.4) is 0 Å². The molecule has 2 heterocycles. The number of rotatable bonds is 3. The van der Waals surface area contributed by atoms with Crippen molar-refractivity contribution in [1.29, 1.82) is 0 Å². The molecule has 0 aliphatic heterocycles. The number of aryl methyl sites for hydroxylation is 2. The van der Waals surface area contributed by atoms with Gasteiger partial charge in [0.15, 0.2) is 0 Å². The number of nitrogens with zero attached hydrogens (tertiary/aromatic N) is 2. The SMILES string of the molecule is CNCc1nn(C)cc1-c1ccc(C)o1. The van der Waals surface area contributed by atoms with Gasteiger partial charge in [0.2, 0.25) is 0 Å². The summed E-state index contributed by atoms with van der Waals surface area (Å²) in [6.45, 7) is 2.69. The molecule has 0 spiro atoms. The molecule has 0 unspecified atom stereocenters. The minimum Gasteiger partial charge on any atom is -0.461 e. The van der Waals surface area contributed by atoms with E-state index >= 15 is 0 Å². The van der Waals surface area contributed by atoms with E-state index in [0.29, 0.717) is 0 Å². The molecule has 4 nitrogen and oxygen atoms in total. The van der Waals surface area contributed by atoms with Crippen LogP contribution in [0.4, 0.5) is 0 Å². The van der Waals surface area contributed by atoms with E-state index in [1.807, 2.05) is 39.3 Å². The van der Waals surface area contributed by atoms with Gasteiger partial charge < -0.3 is 9.73 Å². The molecule has 0 radical (unpaired) electrons. The standard InChI is InChI=1S/C11H15N3O/c1-8-4-5-11(15-8)9-7-14(3)13-10(9)6-12-2/h4-5,7,12H,6H2,1-3H3. The minimum absolute atomic E-state index is 0.746. The van der Waals surface area contributed by atoms with Crippen LogP contribution in [0.2, 0.25) is 0 Å². The maximum Gasteiger partial charge on any atom is 0.137 e. The van der Waals surface area contributed by atoms with Gasteiger partial charge in [-0.2, -0.15) is 5.10 Å². The third kappa shape index (κ3) is 1.94. The number of hydrogen-bond acceptors (Lipinski definition) is 3. The summed E-state index contributed by atoms with van der Waals surface area (Å²) in [4.78, 5) is 0. The molecule has 2 aromatic heterocycles. The van der Waals surface area contributed by atoms with Crippen LogP contribution in [0.15, 0.2) is 22.7 Å². The van der Waals surface area contributed by atoms with Gasteiger partial charge in [0.25, 0.3) is 0 Å². The van der Waals surface area contributed by atoms with Gasteiger partial charge in [0, 0.05) is 19.8 Å². The van der Waals surface area contributed by atoms with Crippen LogP contribution in [0.25, 0.3) is 11.3 Å². The van der Waals surface area contributed by atoms with Crippen molar-refractivity contribution >= 4 is 0 Å². The van der Waals surface area contributed by atoms with Gasteiger partial charge in [-0.05, 0) is 26.1 Å². The molecule has 4 heteroatoms. The number of furan rings is 1. The molecule has 0 atom stereocenters. The van der Waals surface area contributed by atoms with Crippen LogP contribution in [0.5, 0.6) is 0 Å². The van der Waals surface area contributed by atoms with Crippen molar-refractivity contribution in [3.63, 3.8) is 0 Å². The van der Waals surface area contributed by atoms with Crippen LogP contribution in [-0.2, 0) is 13.6 Å². The predicted molar refractivity (Wildman–Crippen MR) is 58.4 cm³/mol. The number of aromatic nitrogens is 2. The Labute approximate surface area is 88.9 Å². The zero-order valence-electron chi connectivity index (χ0n) is 9.24. The van der Waals surface area contributed by atoms with E-state index in [-0.39, 0.29) is 0 Å². The maximum atomic E-state index is 5.59. The lowest BCUT2D eigenvalue weighted by molar-refractivity contribution is 0.547. The lowest BCUT2D eigenvalue weighted by atomic mass is 10.2. The van der Waals surface area contributed by atoms with Crippen molar-refractivity contribution in [3.8, 4) is 11.3 Å². The Morgan fingerprint density at radius 1 is 1.47 bits per heavy atom. The molecule has 0 aliphatic rings. The van der Waals surface area contributed by atoms with Gasteiger partial charge in [0.05, 0.1) is 11.3 Å². The van der Waals surface area contributed by atoms with E-state index in [9.17, 15) is 0 Å². The fourth-order valence-corrected chi connectivity index (χ4v) is 1.62. The van der Waals surface area contributed by atoms with Crippen molar-refractivity contribution in [1.82, 2.24) is 15.1 Å². The van der Waals surface area contributed by atoms with Crippen LogP contribution >= 0.6 is 0 Å². The summed E-state index contributed by atoms with van der Waals surface area (Å²) in [5.74, 6) is 1.80. The second-order valence-electron chi connectivity index (χ2n) is 3.60. The van der Waals surface area contributed by atoms with E-state index < -0.39 is 0 Å². The molecule has 0 amide bonds. The van der Waals surface area contributed by atoms with Crippen molar-refractivity contribution < 1.29 is 4.42 Å². The average Bonchev–Trinajstić information content (AvgIpc) is 2.73. The first-order valence-corrected chi connectivity index (χ1v) is 4.94. The highest BCUT2D eigenvalue weighted by atomic mass is 16.3. The van der Waals surface area contributed by atoms with Crippen molar-refractivity contribution in [3.05, 3.63) is 29.8 Å². The van der Waals surface area contributed by atoms with Gasteiger partial charge in [-0.15, -0.1) is 0 Å². The molecule has 15 heavy (non-hydrogen) atoms. The van der Waals surface area contributed by atoms with Crippen molar-refractivity contribution in [2.45, 2.75) is 13.5 Å². The first kappa shape index (κ1) is 9.98. The Balaban J connectivity index is 2.42. The summed E-state index contributed by atoms with van der Waals surface area (Å²) in [5.41, 5.74) is 2.06. The average molecular weight is 205 g/mol. The third-order valence-corrected chi connectivity index (χ3v) is 2.26. The fraction of sp³-hybridized carbons (Fsp3) is 0.364. The zero-order chi connectivity index (χ0) is 10.8. The van der Waals surface area contributed by atoms with Gasteiger partial charge in [-0.25, -0.2) is 0 Å². The van der Waals surface area contributed by atoms with Crippen LogP contribution in [-0.4, -0.2) is 16.8 Å². The van der Waals surface area contributed by atoms with Gasteiger partial charge in [0.1, 0.15) is 11.5 Å². The Bertz CT molecular complexity index is 456. The van der Waals surface area contributed by atoms with E-state index in [2.05, 4.69) is 10.4 Å². The van der Waals surface area contributed by atoms with E-state index in [1.54, 1.807) is 4.68 Å². The molecule has 2 rings (SSSR count). The Morgan fingerprint density at radius 2 is 2.27 bits per heavy atom. The van der Waals surface area contributed by atoms with Crippen molar-refractivity contribution in [2.75, 3.05) is 7.05 Å². The summed E-state index contributed by atoms with van der Waals surface area (Å²) in [6.07, 6.45) is 1.98. The van der Waals surface area contributed by atoms with Crippen LogP contribution in [0, 0.1) is 6.92 Å². The molecule has 0 aromatic carbocycles. The summed E-state index contributed by atoms with van der Waals surface area (Å²) < 4.78 is 7.39. The second-order valence-corrected chi connectivity index (χ2v) is 3.60. The lowest BCUT2D eigenvalue weighted by Gasteiger charge is -1.97. The smallest absolute Gasteiger partial charge is 0.137 e. The molecule has 0 aliphatic carbocycles. The molecule has 0 bridgehead atoms. The summed E-state index contributed by atoms with van der Waals surface area (Å²) in [7, 11) is 3.82. The van der Waals surface area contributed by atoms with E-state index in [4.69, 9.17) is 4.42 Å². The molecule has 1 N–H and O–H groups in total. The first-order valence-electron chi connectivity index (χ1n) is 4.94. The summed E-state index contributed by atoms with van der Waals surface area (Å²) in [5, 5.41) is 7.48. The highest BCUT2D eigenvalue weighted by molar-refractivity contribution is 5.59. The quantitative estimate of drug-likeness (QED) is 0.829. The predicted octanol–water partition coefficient (Wildman–Crippen LogP) is 1.71. The normalized spacial score (nSPS) is 10.9. The molecule has 2 aromatic rings. The second kappa shape index (κ2) is 3.90. The Hall–Kier alpha value is -1.55. The van der Waals surface area contributed by atoms with Gasteiger partial charge >= 0.3 is 0 Å². The highest BCUT2D eigenvalue weighted by Crippen LogP contribution is 2.24. The minimum atomic E-state index is 0.746. The van der Waals surface area contributed by atoms with Crippen LogP contribution in [0.1, 0.15) is 11.5 Å². The number of nitrogens with one attached hydrogen (secondary N) is 1. The van der Waals surface area contributed by atoms with Crippen molar-refractivity contribution in [2.24, 2.45) is 7.05 Å². The topological polar surface area (TPSA) is 43.0 Å². The maximum absolute atomic E-state index is 5.59. The number of hydrogen-bond donors (Lipinski definition) is 1. The largest absolute Gasteiger partial charge is 0.461 e. The van der Waals surface area contributed by atoms with E-state index in [0.717, 1.165) is 29.3 Å². The molecule has 80 valence electrons. The molecule has 0 fully saturated rings.